The Morgan fingerprint density at radius 2 is 1.93 bits per heavy atom. The maximum absolute atomic E-state index is 12.3. The molecule has 0 amide bonds. The fourth-order valence-corrected chi connectivity index (χ4v) is 4.20. The van der Waals surface area contributed by atoms with Gasteiger partial charge in [-0.25, -0.2) is 0 Å². The average molecular weight is 393 g/mol. The fraction of sp³-hybridized carbons (Fsp3) is 0.571. The van der Waals surface area contributed by atoms with Gasteiger partial charge < -0.3 is 9.47 Å². The highest BCUT2D eigenvalue weighted by molar-refractivity contribution is 7.85. The molecule has 1 aromatic carbocycles. The summed E-state index contributed by atoms with van der Waals surface area (Å²) in [5, 5.41) is 6.40. The van der Waals surface area contributed by atoms with Crippen LogP contribution in [-0.4, -0.2) is 32.2 Å². The Morgan fingerprint density at radius 1 is 1.15 bits per heavy atom. The zero-order chi connectivity index (χ0) is 19.3. The predicted octanol–water partition coefficient (Wildman–Crippen LogP) is 4.87. The Bertz CT molecular complexity index is 644. The first kappa shape index (κ1) is 21.5. The fourth-order valence-electron chi connectivity index (χ4n) is 2.93. The molecule has 1 aromatic heterocycles. The van der Waals surface area contributed by atoms with Gasteiger partial charge in [0.2, 0.25) is 6.79 Å². The number of aromatic amines is 1. The van der Waals surface area contributed by atoms with Crippen LogP contribution < -0.4 is 9.47 Å². The number of fused-ring (bicyclic) bond motifs is 1. The van der Waals surface area contributed by atoms with Crippen LogP contribution in [0.5, 0.6) is 11.5 Å². The van der Waals surface area contributed by atoms with Gasteiger partial charge in [-0.15, -0.1) is 0 Å². The van der Waals surface area contributed by atoms with E-state index >= 15 is 0 Å². The van der Waals surface area contributed by atoms with Crippen molar-refractivity contribution in [1.82, 2.24) is 10.2 Å². The second kappa shape index (κ2) is 12.5. The lowest BCUT2D eigenvalue weighted by Crippen LogP contribution is -2.16. The predicted molar refractivity (Wildman–Crippen MR) is 111 cm³/mol. The van der Waals surface area contributed by atoms with E-state index in [4.69, 9.17) is 9.47 Å². The van der Waals surface area contributed by atoms with Crippen LogP contribution in [0.2, 0.25) is 0 Å². The van der Waals surface area contributed by atoms with Crippen molar-refractivity contribution in [3.63, 3.8) is 0 Å². The molecule has 0 saturated heterocycles. The monoisotopic (exact) mass is 392 g/mol. The van der Waals surface area contributed by atoms with Crippen LogP contribution in [-0.2, 0) is 17.2 Å². The highest BCUT2D eigenvalue weighted by Crippen LogP contribution is 2.33. The lowest BCUT2D eigenvalue weighted by Gasteiger charge is -2.12. The molecule has 1 aliphatic rings. The van der Waals surface area contributed by atoms with E-state index in [2.05, 4.69) is 24.0 Å². The van der Waals surface area contributed by atoms with Gasteiger partial charge in [0.25, 0.3) is 0 Å². The number of H-pyrrole nitrogens is 1. The number of nitrogens with zero attached hydrogens (tertiary/aromatic N) is 1. The van der Waals surface area contributed by atoms with Crippen LogP contribution >= 0.6 is 0 Å². The van der Waals surface area contributed by atoms with Gasteiger partial charge in [-0.2, -0.15) is 5.10 Å². The Hall–Kier alpha value is -1.82. The van der Waals surface area contributed by atoms with Crippen molar-refractivity contribution >= 4 is 10.8 Å². The van der Waals surface area contributed by atoms with Crippen molar-refractivity contribution in [2.45, 2.75) is 64.0 Å². The number of aromatic nitrogens is 2. The number of unbranched alkanes of at least 4 members (excludes halogenated alkanes) is 5. The van der Waals surface area contributed by atoms with Crippen molar-refractivity contribution in [1.29, 1.82) is 0 Å². The lowest BCUT2D eigenvalue weighted by atomic mass is 10.1. The normalized spacial score (nSPS) is 14.3. The molecule has 27 heavy (non-hydrogen) atoms. The largest absolute Gasteiger partial charge is 0.454 e. The molecule has 0 bridgehead atoms. The highest BCUT2D eigenvalue weighted by Gasteiger charge is 2.16. The molecule has 6 heteroatoms. The van der Waals surface area contributed by atoms with E-state index in [-0.39, 0.29) is 5.25 Å². The molecular formula is C21H32N2O3S. The second-order valence-electron chi connectivity index (χ2n) is 6.82. The molecule has 0 radical (unpaired) electrons. The number of ether oxygens (including phenoxy) is 2. The van der Waals surface area contributed by atoms with Crippen molar-refractivity contribution in [2.75, 3.05) is 12.5 Å². The molecular weight excluding hydrogens is 360 g/mol. The van der Waals surface area contributed by atoms with Crippen LogP contribution in [0.25, 0.3) is 0 Å². The third-order valence-electron chi connectivity index (χ3n) is 4.51. The molecule has 5 nitrogen and oxygen atoms in total. The Morgan fingerprint density at radius 3 is 2.63 bits per heavy atom. The van der Waals surface area contributed by atoms with E-state index in [1.54, 1.807) is 12.4 Å². The molecule has 1 N–H and O–H groups in total. The van der Waals surface area contributed by atoms with Crippen LogP contribution in [0.3, 0.4) is 0 Å². The summed E-state index contributed by atoms with van der Waals surface area (Å²) >= 11 is 0. The van der Waals surface area contributed by atoms with E-state index in [1.807, 2.05) is 24.3 Å². The molecule has 0 aliphatic carbocycles. The standard InChI is InChI=1S/C18H28O3S.C3H4N2/c1-3-4-5-6-7-8-11-22(19)15(2)12-16-9-10-17-18(13-16)21-14-20-17;1-2-4-5-3-1/h9-10,13,15H,3-8,11-12,14H2,1-2H3;1-3H,(H,4,5). The average Bonchev–Trinajstić information content (AvgIpc) is 3.38. The van der Waals surface area contributed by atoms with Gasteiger partial charge in [-0.05, 0) is 36.6 Å². The molecule has 2 heterocycles. The summed E-state index contributed by atoms with van der Waals surface area (Å²) in [7, 11) is -0.743. The van der Waals surface area contributed by atoms with E-state index in [9.17, 15) is 4.21 Å². The third-order valence-corrected chi connectivity index (χ3v) is 6.27. The van der Waals surface area contributed by atoms with Gasteiger partial charge in [0, 0.05) is 34.2 Å². The number of nitrogens with one attached hydrogen (secondary N) is 1. The van der Waals surface area contributed by atoms with Crippen molar-refractivity contribution in [2.24, 2.45) is 0 Å². The summed E-state index contributed by atoms with van der Waals surface area (Å²) in [6.07, 6.45) is 11.8. The number of hydrogen-bond donors (Lipinski definition) is 1. The SMILES string of the molecule is CCCCCCCCS(=O)C(C)Cc1ccc2c(c1)OCO2.c1cn[nH]c1. The van der Waals surface area contributed by atoms with Crippen LogP contribution in [0, 0.1) is 0 Å². The smallest absolute Gasteiger partial charge is 0.231 e. The highest BCUT2D eigenvalue weighted by atomic mass is 32.2. The number of benzene rings is 1. The summed E-state index contributed by atoms with van der Waals surface area (Å²) < 4.78 is 23.0. The molecule has 2 aromatic rings. The maximum atomic E-state index is 12.3. The summed E-state index contributed by atoms with van der Waals surface area (Å²) in [6, 6.07) is 7.84. The first-order chi connectivity index (χ1) is 13.2. The third kappa shape index (κ3) is 8.16. The minimum atomic E-state index is -0.743. The second-order valence-corrected chi connectivity index (χ2v) is 8.80. The van der Waals surface area contributed by atoms with Gasteiger partial charge in [0.05, 0.1) is 0 Å². The van der Waals surface area contributed by atoms with Crippen molar-refractivity contribution < 1.29 is 13.7 Å². The zero-order valence-electron chi connectivity index (χ0n) is 16.5. The van der Waals surface area contributed by atoms with Crippen LogP contribution in [0.4, 0.5) is 0 Å². The molecule has 1 aliphatic heterocycles. The molecule has 0 spiro atoms. The number of rotatable bonds is 10. The minimum Gasteiger partial charge on any atom is -0.454 e. The van der Waals surface area contributed by atoms with Crippen LogP contribution in [0.1, 0.15) is 57.9 Å². The van der Waals surface area contributed by atoms with Gasteiger partial charge >= 0.3 is 0 Å². The quantitative estimate of drug-likeness (QED) is 0.586. The Kier molecular flexibility index (Phi) is 9.98. The number of hydrogen-bond acceptors (Lipinski definition) is 4. The molecule has 2 atom stereocenters. The summed E-state index contributed by atoms with van der Waals surface area (Å²) in [4.78, 5) is 0. The van der Waals surface area contributed by atoms with Gasteiger partial charge in [0.1, 0.15) is 0 Å². The first-order valence-corrected chi connectivity index (χ1v) is 11.3. The van der Waals surface area contributed by atoms with Gasteiger partial charge in [0.15, 0.2) is 11.5 Å². The maximum Gasteiger partial charge on any atom is 0.231 e. The van der Waals surface area contributed by atoms with E-state index in [0.29, 0.717) is 6.79 Å². The molecule has 150 valence electrons. The molecule has 0 fully saturated rings. The van der Waals surface area contributed by atoms with Gasteiger partial charge in [-0.1, -0.05) is 52.0 Å². The summed E-state index contributed by atoms with van der Waals surface area (Å²) in [5.74, 6) is 2.45. The molecule has 0 saturated carbocycles. The van der Waals surface area contributed by atoms with Crippen LogP contribution in [0.15, 0.2) is 36.7 Å². The van der Waals surface area contributed by atoms with E-state index in [1.165, 1.54) is 37.7 Å². The Labute approximate surface area is 165 Å². The first-order valence-electron chi connectivity index (χ1n) is 9.90. The van der Waals surface area contributed by atoms with Crippen molar-refractivity contribution in [3.05, 3.63) is 42.2 Å². The van der Waals surface area contributed by atoms with E-state index in [0.717, 1.165) is 30.1 Å². The summed E-state index contributed by atoms with van der Waals surface area (Å²) in [5.41, 5.74) is 1.17. The summed E-state index contributed by atoms with van der Waals surface area (Å²) in [6.45, 7) is 4.61. The zero-order valence-corrected chi connectivity index (χ0v) is 17.3. The van der Waals surface area contributed by atoms with Gasteiger partial charge in [-0.3, -0.25) is 9.31 Å². The van der Waals surface area contributed by atoms with E-state index < -0.39 is 10.8 Å². The molecule has 2 unspecified atom stereocenters. The minimum absolute atomic E-state index is 0.191. The lowest BCUT2D eigenvalue weighted by molar-refractivity contribution is 0.174. The Balaban J connectivity index is 0.000000451. The molecule has 3 rings (SSSR count). The topological polar surface area (TPSA) is 64.2 Å². The van der Waals surface area contributed by atoms with Crippen molar-refractivity contribution in [3.8, 4) is 11.5 Å².